The summed E-state index contributed by atoms with van der Waals surface area (Å²) in [4.78, 5) is 23.5. The normalized spacial score (nSPS) is 12.1. The van der Waals surface area contributed by atoms with Crippen molar-refractivity contribution in [2.45, 2.75) is 26.7 Å². The average molecular weight is 204 g/mol. The van der Waals surface area contributed by atoms with Gasteiger partial charge in [-0.2, -0.15) is 0 Å². The Labute approximate surface area is 90.3 Å². The lowest BCUT2D eigenvalue weighted by Gasteiger charge is -2.11. The van der Waals surface area contributed by atoms with Crippen LogP contribution in [0.25, 0.3) is 0 Å². The second-order valence-corrected chi connectivity index (χ2v) is 3.51. The monoisotopic (exact) mass is 204 g/mol. The van der Waals surface area contributed by atoms with Gasteiger partial charge < -0.3 is 0 Å². The zero-order valence-electron chi connectivity index (χ0n) is 9.19. The Bertz CT molecular complexity index is 341. The summed E-state index contributed by atoms with van der Waals surface area (Å²) >= 11 is 0. The Kier molecular flexibility index (Phi) is 4.22. The fourth-order valence-electron chi connectivity index (χ4n) is 1.61. The van der Waals surface area contributed by atoms with Gasteiger partial charge in [0.2, 0.25) is 0 Å². The van der Waals surface area contributed by atoms with Crippen LogP contribution in [0.2, 0.25) is 0 Å². The molecule has 1 atom stereocenters. The van der Waals surface area contributed by atoms with Crippen molar-refractivity contribution in [1.82, 2.24) is 0 Å². The number of carbonyl (C=O) groups excluding carboxylic acids is 2. The van der Waals surface area contributed by atoms with Gasteiger partial charge >= 0.3 is 0 Å². The second kappa shape index (κ2) is 5.44. The van der Waals surface area contributed by atoms with Crippen LogP contribution in [0.3, 0.4) is 0 Å². The fourth-order valence-corrected chi connectivity index (χ4v) is 1.61. The van der Waals surface area contributed by atoms with Crippen LogP contribution in [0.5, 0.6) is 0 Å². The highest BCUT2D eigenvalue weighted by Gasteiger charge is 2.23. The molecule has 0 aliphatic heterocycles. The van der Waals surface area contributed by atoms with Crippen molar-refractivity contribution in [3.8, 4) is 0 Å². The highest BCUT2D eigenvalue weighted by Crippen LogP contribution is 2.14. The first-order valence-electron chi connectivity index (χ1n) is 5.32. The summed E-state index contributed by atoms with van der Waals surface area (Å²) in [6.45, 7) is 3.67. The van der Waals surface area contributed by atoms with Gasteiger partial charge in [-0.15, -0.1) is 0 Å². The van der Waals surface area contributed by atoms with Gasteiger partial charge in [0.1, 0.15) is 5.78 Å². The van der Waals surface area contributed by atoms with E-state index in [1.165, 1.54) is 0 Å². The van der Waals surface area contributed by atoms with Crippen molar-refractivity contribution in [3.05, 3.63) is 35.9 Å². The summed E-state index contributed by atoms with van der Waals surface area (Å²) in [5.41, 5.74) is 0.631. The summed E-state index contributed by atoms with van der Waals surface area (Å²) < 4.78 is 0. The van der Waals surface area contributed by atoms with E-state index in [1.807, 2.05) is 25.1 Å². The molecule has 0 bridgehead atoms. The Balaban J connectivity index is 2.87. The molecule has 0 aliphatic rings. The van der Waals surface area contributed by atoms with Crippen LogP contribution >= 0.6 is 0 Å². The van der Waals surface area contributed by atoms with E-state index in [0.29, 0.717) is 18.4 Å². The highest BCUT2D eigenvalue weighted by molar-refractivity contribution is 6.10. The third-order valence-electron chi connectivity index (χ3n) is 2.52. The van der Waals surface area contributed by atoms with Gasteiger partial charge in [-0.05, 0) is 6.42 Å². The van der Waals surface area contributed by atoms with Gasteiger partial charge in [-0.3, -0.25) is 9.59 Å². The number of hydrogen-bond donors (Lipinski definition) is 0. The SMILES string of the molecule is CCC(=O)C(CC)C(=O)c1ccccc1. The minimum atomic E-state index is -0.461. The minimum absolute atomic E-state index is 0.0337. The first-order valence-corrected chi connectivity index (χ1v) is 5.32. The smallest absolute Gasteiger partial charge is 0.173 e. The summed E-state index contributed by atoms with van der Waals surface area (Å²) in [5, 5.41) is 0. The molecule has 1 aromatic carbocycles. The molecule has 2 nitrogen and oxygen atoms in total. The van der Waals surface area contributed by atoms with Crippen LogP contribution in [0.15, 0.2) is 30.3 Å². The molecule has 1 aromatic rings. The van der Waals surface area contributed by atoms with E-state index in [0.717, 1.165) is 0 Å². The molecular formula is C13H16O2. The molecule has 80 valence electrons. The van der Waals surface area contributed by atoms with Gasteiger partial charge in [-0.25, -0.2) is 0 Å². The molecule has 2 heteroatoms. The molecule has 0 amide bonds. The van der Waals surface area contributed by atoms with E-state index in [9.17, 15) is 9.59 Å². The van der Waals surface area contributed by atoms with Crippen LogP contribution in [0.4, 0.5) is 0 Å². The van der Waals surface area contributed by atoms with Gasteiger partial charge in [-0.1, -0.05) is 44.2 Å². The summed E-state index contributed by atoms with van der Waals surface area (Å²) in [5.74, 6) is -0.478. The van der Waals surface area contributed by atoms with Crippen molar-refractivity contribution in [1.29, 1.82) is 0 Å². The Morgan fingerprint density at radius 3 is 2.20 bits per heavy atom. The van der Waals surface area contributed by atoms with Crippen LogP contribution in [0.1, 0.15) is 37.0 Å². The molecule has 0 saturated heterocycles. The topological polar surface area (TPSA) is 34.1 Å². The summed E-state index contributed by atoms with van der Waals surface area (Å²) in [6, 6.07) is 9.01. The number of rotatable bonds is 5. The van der Waals surface area contributed by atoms with Crippen LogP contribution in [-0.4, -0.2) is 11.6 Å². The van der Waals surface area contributed by atoms with Crippen LogP contribution in [0, 0.1) is 5.92 Å². The molecule has 1 unspecified atom stereocenters. The Hall–Kier alpha value is -1.44. The molecule has 1 rings (SSSR count). The quantitative estimate of drug-likeness (QED) is 0.546. The zero-order valence-corrected chi connectivity index (χ0v) is 9.19. The first-order chi connectivity index (χ1) is 7.20. The van der Waals surface area contributed by atoms with E-state index < -0.39 is 5.92 Å². The Morgan fingerprint density at radius 2 is 1.73 bits per heavy atom. The molecule has 0 fully saturated rings. The van der Waals surface area contributed by atoms with E-state index in [-0.39, 0.29) is 11.6 Å². The standard InChI is InChI=1S/C13H16O2/c1-3-11(12(14)4-2)13(15)10-8-6-5-7-9-10/h5-9,11H,3-4H2,1-2H3. The maximum atomic E-state index is 12.0. The predicted octanol–water partition coefficient (Wildman–Crippen LogP) is 2.87. The first kappa shape index (κ1) is 11.6. The molecule has 0 N–H and O–H groups in total. The van der Waals surface area contributed by atoms with Gasteiger partial charge in [0.05, 0.1) is 5.92 Å². The van der Waals surface area contributed by atoms with Crippen molar-refractivity contribution in [2.75, 3.05) is 0 Å². The molecule has 0 spiro atoms. The lowest BCUT2D eigenvalue weighted by atomic mass is 9.90. The molecule has 0 aromatic heterocycles. The number of Topliss-reactive ketones (excluding diaryl/α,β-unsaturated/α-hetero) is 2. The fraction of sp³-hybridized carbons (Fsp3) is 0.385. The van der Waals surface area contributed by atoms with E-state index in [2.05, 4.69) is 0 Å². The number of ketones is 2. The van der Waals surface area contributed by atoms with E-state index >= 15 is 0 Å². The minimum Gasteiger partial charge on any atom is -0.299 e. The predicted molar refractivity (Wildman–Crippen MR) is 59.9 cm³/mol. The third kappa shape index (κ3) is 2.75. The summed E-state index contributed by atoms with van der Waals surface area (Å²) in [7, 11) is 0. The van der Waals surface area contributed by atoms with E-state index in [1.54, 1.807) is 19.1 Å². The largest absolute Gasteiger partial charge is 0.299 e. The zero-order chi connectivity index (χ0) is 11.3. The molecule has 0 radical (unpaired) electrons. The van der Waals surface area contributed by atoms with Crippen LogP contribution in [-0.2, 0) is 4.79 Å². The Morgan fingerprint density at radius 1 is 1.13 bits per heavy atom. The maximum absolute atomic E-state index is 12.0. The highest BCUT2D eigenvalue weighted by atomic mass is 16.1. The molecular weight excluding hydrogens is 188 g/mol. The average Bonchev–Trinajstić information content (AvgIpc) is 2.30. The van der Waals surface area contributed by atoms with Crippen LogP contribution < -0.4 is 0 Å². The number of carbonyl (C=O) groups is 2. The molecule has 0 heterocycles. The number of benzene rings is 1. The lowest BCUT2D eigenvalue weighted by Crippen LogP contribution is -2.22. The molecule has 15 heavy (non-hydrogen) atoms. The second-order valence-electron chi connectivity index (χ2n) is 3.51. The van der Waals surface area contributed by atoms with Crippen molar-refractivity contribution in [2.24, 2.45) is 5.92 Å². The van der Waals surface area contributed by atoms with Gasteiger partial charge in [0.25, 0.3) is 0 Å². The summed E-state index contributed by atoms with van der Waals surface area (Å²) in [6.07, 6.45) is 1.01. The van der Waals surface area contributed by atoms with Gasteiger partial charge in [0.15, 0.2) is 5.78 Å². The van der Waals surface area contributed by atoms with E-state index in [4.69, 9.17) is 0 Å². The van der Waals surface area contributed by atoms with Gasteiger partial charge in [0, 0.05) is 12.0 Å². The lowest BCUT2D eigenvalue weighted by molar-refractivity contribution is -0.121. The maximum Gasteiger partial charge on any atom is 0.173 e. The van der Waals surface area contributed by atoms with Crippen molar-refractivity contribution in [3.63, 3.8) is 0 Å². The van der Waals surface area contributed by atoms with Crippen molar-refractivity contribution >= 4 is 11.6 Å². The van der Waals surface area contributed by atoms with Crippen molar-refractivity contribution < 1.29 is 9.59 Å². The number of hydrogen-bond acceptors (Lipinski definition) is 2. The third-order valence-corrected chi connectivity index (χ3v) is 2.52. The molecule has 0 aliphatic carbocycles. The molecule has 0 saturated carbocycles.